The summed E-state index contributed by atoms with van der Waals surface area (Å²) < 4.78 is 11.0. The number of nitrogens with one attached hydrogen (secondary N) is 1. The van der Waals surface area contributed by atoms with E-state index in [-0.39, 0.29) is 12.5 Å². The third-order valence-electron chi connectivity index (χ3n) is 2.53. The van der Waals surface area contributed by atoms with Crippen molar-refractivity contribution in [2.24, 2.45) is 0 Å². The molecule has 5 nitrogen and oxygen atoms in total. The minimum Gasteiger partial charge on any atom is -0.382 e. The van der Waals surface area contributed by atoms with Crippen molar-refractivity contribution in [2.45, 2.75) is 6.92 Å². The molecule has 0 bridgehead atoms. The lowest BCUT2D eigenvalue weighted by Gasteiger charge is -2.02. The highest BCUT2D eigenvalue weighted by Gasteiger charge is 2.08. The van der Waals surface area contributed by atoms with Crippen LogP contribution in [0.15, 0.2) is 18.2 Å². The fourth-order valence-electron chi connectivity index (χ4n) is 1.60. The van der Waals surface area contributed by atoms with E-state index in [1.807, 2.05) is 25.1 Å². The van der Waals surface area contributed by atoms with E-state index in [1.54, 1.807) is 7.11 Å². The van der Waals surface area contributed by atoms with Gasteiger partial charge in [-0.1, -0.05) is 23.5 Å². The quantitative estimate of drug-likeness (QED) is 0.824. The van der Waals surface area contributed by atoms with Gasteiger partial charge in [0.1, 0.15) is 6.61 Å². The lowest BCUT2D eigenvalue weighted by atomic mass is 10.2. The van der Waals surface area contributed by atoms with Crippen LogP contribution in [0.4, 0.5) is 5.13 Å². The Balaban J connectivity index is 1.94. The first-order valence-corrected chi connectivity index (χ1v) is 6.75. The van der Waals surface area contributed by atoms with E-state index in [0.29, 0.717) is 18.3 Å². The average molecular weight is 280 g/mol. The van der Waals surface area contributed by atoms with Gasteiger partial charge in [0.15, 0.2) is 5.13 Å². The second-order valence-corrected chi connectivity index (χ2v) is 5.06. The van der Waals surface area contributed by atoms with Crippen molar-refractivity contribution in [1.82, 2.24) is 4.98 Å². The molecule has 0 fully saturated rings. The van der Waals surface area contributed by atoms with Crippen LogP contribution >= 0.6 is 11.3 Å². The molecule has 0 unspecified atom stereocenters. The van der Waals surface area contributed by atoms with E-state index in [0.717, 1.165) is 15.8 Å². The van der Waals surface area contributed by atoms with Crippen LogP contribution in [0.1, 0.15) is 5.56 Å². The Hall–Kier alpha value is -1.50. The molecule has 102 valence electrons. The Bertz CT molecular complexity index is 568. The van der Waals surface area contributed by atoms with Crippen molar-refractivity contribution in [3.8, 4) is 0 Å². The molecule has 0 aliphatic rings. The van der Waals surface area contributed by atoms with Crippen molar-refractivity contribution < 1.29 is 14.3 Å². The highest BCUT2D eigenvalue weighted by atomic mass is 32.1. The van der Waals surface area contributed by atoms with Gasteiger partial charge < -0.3 is 9.47 Å². The van der Waals surface area contributed by atoms with Crippen LogP contribution in [0.25, 0.3) is 10.2 Å². The number of aromatic nitrogens is 1. The average Bonchev–Trinajstić information content (AvgIpc) is 2.79. The Morgan fingerprint density at radius 3 is 3.00 bits per heavy atom. The summed E-state index contributed by atoms with van der Waals surface area (Å²) in [5, 5.41) is 3.34. The number of carbonyl (C=O) groups excluding carboxylic acids is 1. The first-order chi connectivity index (χ1) is 9.20. The van der Waals surface area contributed by atoms with Crippen molar-refractivity contribution in [3.63, 3.8) is 0 Å². The van der Waals surface area contributed by atoms with Crippen LogP contribution < -0.4 is 5.32 Å². The Labute approximate surface area is 115 Å². The molecule has 0 aliphatic carbocycles. The maximum Gasteiger partial charge on any atom is 0.252 e. The summed E-state index contributed by atoms with van der Waals surface area (Å²) in [5.74, 6) is -0.201. The summed E-state index contributed by atoms with van der Waals surface area (Å²) >= 11 is 1.46. The summed E-state index contributed by atoms with van der Waals surface area (Å²) in [5.41, 5.74) is 2.04. The molecular weight excluding hydrogens is 264 g/mol. The zero-order valence-electron chi connectivity index (χ0n) is 10.9. The molecule has 6 heteroatoms. The van der Waals surface area contributed by atoms with Crippen LogP contribution in [-0.4, -0.2) is 37.8 Å². The number of amides is 1. The minimum atomic E-state index is -0.201. The molecule has 1 N–H and O–H groups in total. The lowest BCUT2D eigenvalue weighted by molar-refractivity contribution is -0.121. The minimum absolute atomic E-state index is 0.0122. The van der Waals surface area contributed by atoms with E-state index in [9.17, 15) is 4.79 Å². The largest absolute Gasteiger partial charge is 0.382 e. The number of carbonyl (C=O) groups is 1. The molecule has 0 radical (unpaired) electrons. The predicted molar refractivity (Wildman–Crippen MR) is 75.7 cm³/mol. The smallest absolute Gasteiger partial charge is 0.252 e. The van der Waals surface area contributed by atoms with E-state index in [4.69, 9.17) is 9.47 Å². The van der Waals surface area contributed by atoms with E-state index in [2.05, 4.69) is 10.3 Å². The fourth-order valence-corrected chi connectivity index (χ4v) is 2.56. The van der Waals surface area contributed by atoms with Crippen LogP contribution in [0.5, 0.6) is 0 Å². The summed E-state index contributed by atoms with van der Waals surface area (Å²) in [7, 11) is 1.59. The highest BCUT2D eigenvalue weighted by Crippen LogP contribution is 2.27. The van der Waals surface area contributed by atoms with Crippen molar-refractivity contribution >= 4 is 32.6 Å². The van der Waals surface area contributed by atoms with Gasteiger partial charge in [-0.2, -0.15) is 0 Å². The molecule has 0 saturated heterocycles. The SMILES string of the molecule is COCCOCC(=O)Nc1nc2c(C)cccc2s1. The monoisotopic (exact) mass is 280 g/mol. The van der Waals surface area contributed by atoms with Crippen LogP contribution in [0.2, 0.25) is 0 Å². The summed E-state index contributed by atoms with van der Waals surface area (Å²) in [6.07, 6.45) is 0. The maximum atomic E-state index is 11.6. The molecule has 1 aromatic heterocycles. The first kappa shape index (κ1) is 13.9. The number of nitrogens with zero attached hydrogens (tertiary/aromatic N) is 1. The van der Waals surface area contributed by atoms with Gasteiger partial charge in [-0.15, -0.1) is 0 Å². The standard InChI is InChI=1S/C13H16N2O3S/c1-9-4-3-5-10-12(9)15-13(19-10)14-11(16)8-18-7-6-17-2/h3-5H,6-8H2,1-2H3,(H,14,15,16). The second kappa shape index (κ2) is 6.60. The molecule has 19 heavy (non-hydrogen) atoms. The summed E-state index contributed by atoms with van der Waals surface area (Å²) in [6, 6.07) is 5.97. The third kappa shape index (κ3) is 3.73. The molecule has 2 rings (SSSR count). The zero-order valence-corrected chi connectivity index (χ0v) is 11.8. The highest BCUT2D eigenvalue weighted by molar-refractivity contribution is 7.22. The number of aryl methyl sites for hydroxylation is 1. The fraction of sp³-hybridized carbons (Fsp3) is 0.385. The predicted octanol–water partition coefficient (Wildman–Crippen LogP) is 2.21. The molecule has 1 aromatic carbocycles. The van der Waals surface area contributed by atoms with Crippen LogP contribution in [-0.2, 0) is 14.3 Å². The van der Waals surface area contributed by atoms with Gasteiger partial charge in [0.05, 0.1) is 23.4 Å². The van der Waals surface area contributed by atoms with Crippen molar-refractivity contribution in [1.29, 1.82) is 0 Å². The number of thiazole rings is 1. The Morgan fingerprint density at radius 1 is 1.42 bits per heavy atom. The van der Waals surface area contributed by atoms with Gasteiger partial charge in [-0.05, 0) is 18.6 Å². The number of para-hydroxylation sites is 1. The van der Waals surface area contributed by atoms with Crippen LogP contribution in [0, 0.1) is 6.92 Å². The van der Waals surface area contributed by atoms with E-state index in [1.165, 1.54) is 11.3 Å². The number of anilines is 1. The molecule has 0 saturated carbocycles. The number of hydrogen-bond acceptors (Lipinski definition) is 5. The number of methoxy groups -OCH3 is 1. The van der Waals surface area contributed by atoms with Gasteiger partial charge in [-0.3, -0.25) is 10.1 Å². The molecule has 0 spiro atoms. The molecule has 1 amide bonds. The molecule has 2 aromatic rings. The third-order valence-corrected chi connectivity index (χ3v) is 3.47. The topological polar surface area (TPSA) is 60.5 Å². The normalized spacial score (nSPS) is 10.8. The van der Waals surface area contributed by atoms with Gasteiger partial charge >= 0.3 is 0 Å². The van der Waals surface area contributed by atoms with E-state index >= 15 is 0 Å². The van der Waals surface area contributed by atoms with Crippen LogP contribution in [0.3, 0.4) is 0 Å². The molecule has 1 heterocycles. The van der Waals surface area contributed by atoms with Gasteiger partial charge in [0.25, 0.3) is 5.91 Å². The second-order valence-electron chi connectivity index (χ2n) is 4.03. The number of hydrogen-bond donors (Lipinski definition) is 1. The zero-order chi connectivity index (χ0) is 13.7. The Kier molecular flexibility index (Phi) is 4.84. The number of rotatable bonds is 6. The number of fused-ring (bicyclic) bond motifs is 1. The van der Waals surface area contributed by atoms with Gasteiger partial charge in [-0.25, -0.2) is 4.98 Å². The first-order valence-electron chi connectivity index (χ1n) is 5.93. The summed E-state index contributed by atoms with van der Waals surface area (Å²) in [6.45, 7) is 2.90. The molecular formula is C13H16N2O3S. The van der Waals surface area contributed by atoms with Gasteiger partial charge in [0, 0.05) is 7.11 Å². The maximum absolute atomic E-state index is 11.6. The lowest BCUT2D eigenvalue weighted by Crippen LogP contribution is -2.19. The van der Waals surface area contributed by atoms with Crippen molar-refractivity contribution in [3.05, 3.63) is 23.8 Å². The van der Waals surface area contributed by atoms with E-state index < -0.39 is 0 Å². The number of ether oxygens (including phenoxy) is 2. The van der Waals surface area contributed by atoms with Gasteiger partial charge in [0.2, 0.25) is 0 Å². The molecule has 0 aliphatic heterocycles. The Morgan fingerprint density at radius 2 is 2.26 bits per heavy atom. The summed E-state index contributed by atoms with van der Waals surface area (Å²) in [4.78, 5) is 16.0. The van der Waals surface area contributed by atoms with Crippen molar-refractivity contribution in [2.75, 3.05) is 32.2 Å². The molecule has 0 atom stereocenters. The number of benzene rings is 1.